The summed E-state index contributed by atoms with van der Waals surface area (Å²) in [5.74, 6) is -0.0164. The van der Waals surface area contributed by atoms with Gasteiger partial charge in [-0.2, -0.15) is 0 Å². The van der Waals surface area contributed by atoms with Gasteiger partial charge in [-0.15, -0.1) is 24.7 Å². The van der Waals surface area contributed by atoms with Crippen molar-refractivity contribution >= 4 is 12.4 Å². The van der Waals surface area contributed by atoms with Gasteiger partial charge in [-0.25, -0.2) is 0 Å². The minimum absolute atomic E-state index is 0. The largest absolute Gasteiger partial charge is 2.00 e. The van der Waals surface area contributed by atoms with Crippen LogP contribution in [0.2, 0.25) is 0 Å². The summed E-state index contributed by atoms with van der Waals surface area (Å²) in [6.45, 7) is 1.32. The molecule has 0 N–H and O–H groups in total. The Bertz CT molecular complexity index is 1750. The van der Waals surface area contributed by atoms with Crippen LogP contribution in [0.3, 0.4) is 0 Å². The second-order valence-corrected chi connectivity index (χ2v) is 13.1. The summed E-state index contributed by atoms with van der Waals surface area (Å²) in [7, 11) is 7.55. The smallest absolute Gasteiger partial charge is 0.872 e. The summed E-state index contributed by atoms with van der Waals surface area (Å²) in [4.78, 5) is 13.1. The topological polar surface area (TPSA) is 123 Å². The summed E-state index contributed by atoms with van der Waals surface area (Å²) < 4.78 is 0. The van der Waals surface area contributed by atoms with Gasteiger partial charge in [0.15, 0.2) is 0 Å². The van der Waals surface area contributed by atoms with E-state index in [0.29, 0.717) is 24.2 Å². The Balaban J connectivity index is 0.000000442. The zero-order valence-electron chi connectivity index (χ0n) is 33.3. The van der Waals surface area contributed by atoms with Crippen LogP contribution in [0, 0.1) is 0 Å². The second-order valence-electron chi connectivity index (χ2n) is 13.1. The third-order valence-corrected chi connectivity index (χ3v) is 8.10. The molecule has 8 nitrogen and oxygen atoms in total. The normalized spacial score (nSPS) is 10.5. The van der Waals surface area contributed by atoms with Crippen molar-refractivity contribution in [1.29, 1.82) is 0 Å². The molecule has 6 aromatic rings. The first-order valence-corrected chi connectivity index (χ1v) is 18.5. The molecule has 10 heteroatoms. The van der Waals surface area contributed by atoms with Gasteiger partial charge in [-0.3, -0.25) is 9.98 Å². The first-order chi connectivity index (χ1) is 27.2. The average Bonchev–Trinajstić information content (AvgIpc) is 3.22. The molecule has 6 rings (SSSR count). The van der Waals surface area contributed by atoms with Crippen LogP contribution < -0.4 is 20.4 Å². The fourth-order valence-corrected chi connectivity index (χ4v) is 5.12. The van der Waals surface area contributed by atoms with E-state index in [1.54, 1.807) is 48.8 Å². The van der Waals surface area contributed by atoms with Crippen molar-refractivity contribution in [2.24, 2.45) is 9.98 Å². The predicted molar refractivity (Wildman–Crippen MR) is 223 cm³/mol. The molecule has 0 spiro atoms. The molecule has 0 unspecified atom stereocenters. The third-order valence-electron chi connectivity index (χ3n) is 8.10. The molecule has 0 heterocycles. The summed E-state index contributed by atoms with van der Waals surface area (Å²) in [6, 6.07) is 54.1. The van der Waals surface area contributed by atoms with Crippen molar-refractivity contribution < 1.29 is 54.6 Å². The van der Waals surface area contributed by atoms with E-state index < -0.39 is 0 Å². The molecule has 0 aromatic heterocycles. The van der Waals surface area contributed by atoms with E-state index in [1.165, 1.54) is 0 Å². The van der Waals surface area contributed by atoms with Crippen LogP contribution in [0.15, 0.2) is 180 Å². The molecule has 0 fully saturated rings. The molecular formula is C48H52Cu2N4O4. The standard InChI is InChI=1S/2C20H17NO.2C4H10NO.2Cu/c2*22-19-14-8-7-13-18(19)15-21-20(16-9-3-1-4-10-16)17-11-5-2-6-12-17;2*1-5(2)3-4-6;;/h2*1-15,20,22H;2*3-4H2,1-2H3;;/q;;2*-1;2*+2/p-2. The minimum Gasteiger partial charge on any atom is -0.872 e. The van der Waals surface area contributed by atoms with E-state index in [2.05, 4.69) is 58.5 Å². The molecule has 0 saturated carbocycles. The molecule has 58 heavy (non-hydrogen) atoms. The Kier molecular flexibility index (Phi) is 26.7. The number of benzene rings is 6. The van der Waals surface area contributed by atoms with Gasteiger partial charge in [0, 0.05) is 12.4 Å². The maximum atomic E-state index is 11.8. The zero-order chi connectivity index (χ0) is 40.4. The van der Waals surface area contributed by atoms with Gasteiger partial charge in [0.1, 0.15) is 0 Å². The van der Waals surface area contributed by atoms with Crippen LogP contribution in [0.25, 0.3) is 0 Å². The van der Waals surface area contributed by atoms with Gasteiger partial charge in [-0.1, -0.05) is 170 Å². The van der Waals surface area contributed by atoms with Gasteiger partial charge in [-0.05, 0) is 74.7 Å². The van der Waals surface area contributed by atoms with Crippen molar-refractivity contribution in [2.75, 3.05) is 54.5 Å². The molecule has 0 atom stereocenters. The van der Waals surface area contributed by atoms with Gasteiger partial charge in [0.05, 0.1) is 12.1 Å². The van der Waals surface area contributed by atoms with Crippen molar-refractivity contribution in [1.82, 2.24) is 9.80 Å². The molecule has 0 amide bonds. The number of likely N-dealkylation sites (N-methyl/N-ethyl adjacent to an activating group) is 2. The quantitative estimate of drug-likeness (QED) is 0.114. The Hall–Kier alpha value is -4.86. The molecule has 0 bridgehead atoms. The number of nitrogens with zero attached hydrogens (tertiary/aromatic N) is 4. The van der Waals surface area contributed by atoms with Crippen LogP contribution in [0.5, 0.6) is 11.5 Å². The van der Waals surface area contributed by atoms with Crippen LogP contribution in [-0.2, 0) is 34.1 Å². The Labute approximate surface area is 366 Å². The van der Waals surface area contributed by atoms with Gasteiger partial charge < -0.3 is 30.2 Å². The van der Waals surface area contributed by atoms with E-state index in [0.717, 1.165) is 22.3 Å². The Morgan fingerprint density at radius 3 is 0.862 bits per heavy atom. The van der Waals surface area contributed by atoms with Crippen molar-refractivity contribution in [2.45, 2.75) is 12.1 Å². The van der Waals surface area contributed by atoms with Crippen LogP contribution >= 0.6 is 0 Å². The van der Waals surface area contributed by atoms with Crippen LogP contribution in [-0.4, -0.2) is 76.7 Å². The number of aliphatic imine (C=N–C) groups is 2. The molecular weight excluding hydrogens is 824 g/mol. The molecule has 0 aliphatic heterocycles. The minimum atomic E-state index is -0.109. The first-order valence-electron chi connectivity index (χ1n) is 18.5. The summed E-state index contributed by atoms with van der Waals surface area (Å²) >= 11 is 0. The molecule has 2 radical (unpaired) electrons. The van der Waals surface area contributed by atoms with E-state index in [4.69, 9.17) is 0 Å². The van der Waals surface area contributed by atoms with Gasteiger partial charge in [0.25, 0.3) is 0 Å². The average molecular weight is 876 g/mol. The third kappa shape index (κ3) is 19.5. The molecule has 6 aromatic carbocycles. The van der Waals surface area contributed by atoms with Crippen molar-refractivity contribution in [3.05, 3.63) is 203 Å². The predicted octanol–water partition coefficient (Wildman–Crippen LogP) is 5.75. The Morgan fingerprint density at radius 2 is 0.655 bits per heavy atom. The zero-order valence-corrected chi connectivity index (χ0v) is 35.2. The first kappa shape index (κ1) is 51.2. The van der Waals surface area contributed by atoms with Gasteiger partial charge in [0.2, 0.25) is 0 Å². The molecule has 0 aliphatic rings. The molecule has 0 saturated heterocycles. The molecule has 310 valence electrons. The van der Waals surface area contributed by atoms with Crippen LogP contribution in [0.4, 0.5) is 0 Å². The van der Waals surface area contributed by atoms with Crippen molar-refractivity contribution in [3.8, 4) is 11.5 Å². The SMILES string of the molecule is CN(C)CC[O-].CN(C)CC[O-].[Cu+2].[Cu+2].[O-]c1ccccc1C=NC(c1ccccc1)c1ccccc1.[O-]c1ccccc1C=NC(c1ccccc1)c1ccccc1. The van der Waals surface area contributed by atoms with Crippen molar-refractivity contribution in [3.63, 3.8) is 0 Å². The maximum Gasteiger partial charge on any atom is 2.00 e. The van der Waals surface area contributed by atoms with Gasteiger partial charge >= 0.3 is 34.1 Å². The summed E-state index contributed by atoms with van der Waals surface area (Å²) in [5.41, 5.74) is 5.64. The van der Waals surface area contributed by atoms with E-state index in [-0.39, 0.29) is 70.9 Å². The summed E-state index contributed by atoms with van der Waals surface area (Å²) in [6.07, 6.45) is 3.35. The Morgan fingerprint density at radius 1 is 0.414 bits per heavy atom. The summed E-state index contributed by atoms with van der Waals surface area (Å²) in [5, 5.41) is 43.0. The molecule has 0 aliphatic carbocycles. The van der Waals surface area contributed by atoms with Crippen LogP contribution in [0.1, 0.15) is 45.5 Å². The fraction of sp³-hybridized carbons (Fsp3) is 0.208. The van der Waals surface area contributed by atoms with E-state index in [9.17, 15) is 20.4 Å². The number of rotatable bonds is 12. The number of hydrogen-bond donors (Lipinski definition) is 0. The number of hydrogen-bond acceptors (Lipinski definition) is 8. The fourth-order valence-electron chi connectivity index (χ4n) is 5.12. The maximum absolute atomic E-state index is 11.8. The number of para-hydroxylation sites is 2. The monoisotopic (exact) mass is 874 g/mol. The second kappa shape index (κ2) is 30.2. The van der Waals surface area contributed by atoms with E-state index in [1.807, 2.05) is 123 Å². The van der Waals surface area contributed by atoms with E-state index >= 15 is 0 Å².